The van der Waals surface area contributed by atoms with Crippen LogP contribution in [0.4, 0.5) is 5.69 Å². The summed E-state index contributed by atoms with van der Waals surface area (Å²) in [5.74, 6) is 0.334. The van der Waals surface area contributed by atoms with E-state index in [-0.39, 0.29) is 23.4 Å². The van der Waals surface area contributed by atoms with Crippen LogP contribution in [0.2, 0.25) is 5.02 Å². The molecule has 9 heteroatoms. The molecule has 0 bridgehead atoms. The lowest BCUT2D eigenvalue weighted by Crippen LogP contribution is -2.15. The number of halogens is 1. The Labute approximate surface area is 142 Å². The Hall–Kier alpha value is -1.77. The van der Waals surface area contributed by atoms with Crippen LogP contribution < -0.4 is 14.8 Å². The van der Waals surface area contributed by atoms with Crippen LogP contribution in [0.25, 0.3) is 11.0 Å². The average Bonchev–Trinajstić information content (AvgIpc) is 2.55. The van der Waals surface area contributed by atoms with Gasteiger partial charge < -0.3 is 19.0 Å². The molecule has 0 aliphatic heterocycles. The number of nitrogens with one attached hydrogen (secondary N) is 1. The molecule has 2 rings (SSSR count). The third-order valence-corrected chi connectivity index (χ3v) is 4.08. The predicted molar refractivity (Wildman–Crippen MR) is 90.5 cm³/mol. The number of aromatic nitrogens is 2. The van der Waals surface area contributed by atoms with Crippen molar-refractivity contribution in [1.82, 2.24) is 9.97 Å². The van der Waals surface area contributed by atoms with Crippen LogP contribution in [0.3, 0.4) is 0 Å². The molecule has 0 unspecified atom stereocenters. The van der Waals surface area contributed by atoms with E-state index in [0.717, 1.165) is 17.6 Å². The van der Waals surface area contributed by atoms with Gasteiger partial charge in [-0.1, -0.05) is 11.6 Å². The molecular weight excluding hydrogens is 342 g/mol. The van der Waals surface area contributed by atoms with Crippen LogP contribution in [0.15, 0.2) is 6.07 Å². The number of anilines is 1. The zero-order valence-electron chi connectivity index (χ0n) is 13.1. The second kappa shape index (κ2) is 7.67. The molecule has 0 radical (unpaired) electrons. The van der Waals surface area contributed by atoms with Crippen molar-refractivity contribution in [3.8, 4) is 11.8 Å². The van der Waals surface area contributed by atoms with Crippen LogP contribution in [-0.2, 0) is 8.98 Å². The van der Waals surface area contributed by atoms with Crippen molar-refractivity contribution in [2.24, 2.45) is 0 Å². The fourth-order valence-electron chi connectivity index (χ4n) is 1.94. The molecule has 1 aromatic carbocycles. The molecule has 1 heterocycles. The highest BCUT2D eigenvalue weighted by Crippen LogP contribution is 2.35. The molecule has 124 valence electrons. The minimum absolute atomic E-state index is 0.128. The number of rotatable bonds is 6. The van der Waals surface area contributed by atoms with Crippen molar-refractivity contribution in [1.29, 1.82) is 0 Å². The highest BCUT2D eigenvalue weighted by Gasteiger charge is 2.18. The average molecular weight is 358 g/mol. The van der Waals surface area contributed by atoms with Crippen molar-refractivity contribution in [2.75, 3.05) is 32.4 Å². The first-order chi connectivity index (χ1) is 11.0. The van der Waals surface area contributed by atoms with E-state index in [0.29, 0.717) is 21.7 Å². The number of carbonyl (C=O) groups excluding carboxylic acids is 1. The number of carbonyl (C=O) groups is 1. The summed E-state index contributed by atoms with van der Waals surface area (Å²) in [5, 5.41) is 3.15. The summed E-state index contributed by atoms with van der Waals surface area (Å²) in [7, 11) is 4.43. The normalized spacial score (nSPS) is 10.7. The van der Waals surface area contributed by atoms with Crippen molar-refractivity contribution >= 4 is 46.3 Å². The third-order valence-electron chi connectivity index (χ3n) is 2.98. The number of ether oxygens (including phenoxy) is 2. The Balaban J connectivity index is 2.56. The molecule has 0 aliphatic carbocycles. The number of hydrogen-bond acceptors (Lipinski definition) is 7. The Bertz CT molecular complexity index is 742. The van der Waals surface area contributed by atoms with Gasteiger partial charge in [0.25, 0.3) is 11.8 Å². The van der Waals surface area contributed by atoms with E-state index >= 15 is 0 Å². The Morgan fingerprint density at radius 1 is 1.26 bits per heavy atom. The summed E-state index contributed by atoms with van der Waals surface area (Å²) in [6.07, 6.45) is 0. The zero-order chi connectivity index (χ0) is 17.0. The second-order valence-electron chi connectivity index (χ2n) is 4.47. The van der Waals surface area contributed by atoms with E-state index in [1.165, 1.54) is 21.3 Å². The predicted octanol–water partition coefficient (Wildman–Crippen LogP) is 2.84. The van der Waals surface area contributed by atoms with Crippen molar-refractivity contribution in [2.45, 2.75) is 6.92 Å². The lowest BCUT2D eigenvalue weighted by Gasteiger charge is -2.14. The van der Waals surface area contributed by atoms with E-state index in [1.54, 1.807) is 6.07 Å². The first kappa shape index (κ1) is 17.6. The van der Waals surface area contributed by atoms with E-state index in [9.17, 15) is 4.79 Å². The van der Waals surface area contributed by atoms with Crippen LogP contribution in [0.1, 0.15) is 5.56 Å². The summed E-state index contributed by atoms with van der Waals surface area (Å²) >= 11 is 7.36. The van der Waals surface area contributed by atoms with Gasteiger partial charge in [-0.2, -0.15) is 0 Å². The molecule has 0 aliphatic rings. The molecular formula is C14H16ClN3O4S. The zero-order valence-corrected chi connectivity index (χ0v) is 14.7. The summed E-state index contributed by atoms with van der Waals surface area (Å²) in [5.41, 5.74) is 2.11. The fraction of sp³-hybridized carbons (Fsp3) is 0.357. The molecule has 7 nitrogen and oxygen atoms in total. The van der Waals surface area contributed by atoms with Gasteiger partial charge in [0.15, 0.2) is 0 Å². The monoisotopic (exact) mass is 357 g/mol. The largest absolute Gasteiger partial charge is 0.477 e. The smallest absolute Gasteiger partial charge is 0.278 e. The molecule has 23 heavy (non-hydrogen) atoms. The summed E-state index contributed by atoms with van der Waals surface area (Å²) in [6, 6.07) is 1.77. The number of hydrogen-bond donors (Lipinski definition) is 1. The summed E-state index contributed by atoms with van der Waals surface area (Å²) < 4.78 is 15.1. The topological polar surface area (TPSA) is 82.6 Å². The van der Waals surface area contributed by atoms with Crippen molar-refractivity contribution < 1.29 is 18.5 Å². The fourth-order valence-corrected chi connectivity index (χ4v) is 2.43. The van der Waals surface area contributed by atoms with Crippen LogP contribution >= 0.6 is 23.6 Å². The standard InChI is InChI=1S/C14H16ClN3O4S/c1-7-5-8-11(18-14(21-3)13(16-8)20-2)12(10(7)15)17-9(19)6-23-22-4/h5H,6H2,1-4H3,(H,17,19). The van der Waals surface area contributed by atoms with E-state index in [4.69, 9.17) is 25.3 Å². The molecule has 0 atom stereocenters. The minimum atomic E-state index is -0.262. The van der Waals surface area contributed by atoms with E-state index in [1.807, 2.05) is 6.92 Å². The number of benzene rings is 1. The Morgan fingerprint density at radius 2 is 1.91 bits per heavy atom. The van der Waals surface area contributed by atoms with Gasteiger partial charge >= 0.3 is 0 Å². The molecule has 0 fully saturated rings. The molecule has 1 aromatic heterocycles. The van der Waals surface area contributed by atoms with Gasteiger partial charge in [-0.05, 0) is 18.6 Å². The second-order valence-corrected chi connectivity index (χ2v) is 5.71. The number of methoxy groups -OCH3 is 2. The molecule has 1 N–H and O–H groups in total. The van der Waals surface area contributed by atoms with Crippen LogP contribution in [-0.4, -0.2) is 43.0 Å². The van der Waals surface area contributed by atoms with Gasteiger partial charge in [-0.15, -0.1) is 0 Å². The molecule has 2 aromatic rings. The van der Waals surface area contributed by atoms with Crippen LogP contribution in [0.5, 0.6) is 11.8 Å². The van der Waals surface area contributed by atoms with Crippen molar-refractivity contribution in [3.63, 3.8) is 0 Å². The van der Waals surface area contributed by atoms with E-state index < -0.39 is 0 Å². The SMILES string of the molecule is COSCC(=O)Nc1c(Cl)c(C)cc2nc(OC)c(OC)nc12. The van der Waals surface area contributed by atoms with Gasteiger partial charge in [0.1, 0.15) is 5.52 Å². The lowest BCUT2D eigenvalue weighted by atomic mass is 10.1. The van der Waals surface area contributed by atoms with Gasteiger partial charge in [0, 0.05) is 12.0 Å². The number of fused-ring (bicyclic) bond motifs is 1. The third kappa shape index (κ3) is 3.77. The van der Waals surface area contributed by atoms with Gasteiger partial charge in [0.2, 0.25) is 5.91 Å². The molecule has 0 saturated heterocycles. The minimum Gasteiger partial charge on any atom is -0.477 e. The van der Waals surface area contributed by atoms with Gasteiger partial charge in [-0.3, -0.25) is 4.79 Å². The molecule has 0 saturated carbocycles. The number of aryl methyl sites for hydroxylation is 1. The summed E-state index contributed by atoms with van der Waals surface area (Å²) in [4.78, 5) is 20.7. The quantitative estimate of drug-likeness (QED) is 0.796. The van der Waals surface area contributed by atoms with Gasteiger partial charge in [0.05, 0.1) is 43.3 Å². The Kier molecular flexibility index (Phi) is 5.86. The number of nitrogens with zero attached hydrogens (tertiary/aromatic N) is 2. The first-order valence-electron chi connectivity index (χ1n) is 6.56. The maximum absolute atomic E-state index is 12.0. The van der Waals surface area contributed by atoms with E-state index in [2.05, 4.69) is 15.3 Å². The highest BCUT2D eigenvalue weighted by atomic mass is 35.5. The Morgan fingerprint density at radius 3 is 2.52 bits per heavy atom. The van der Waals surface area contributed by atoms with Gasteiger partial charge in [-0.25, -0.2) is 9.97 Å². The molecule has 0 spiro atoms. The first-order valence-corrected chi connectivity index (χ1v) is 7.85. The molecule has 1 amide bonds. The van der Waals surface area contributed by atoms with Crippen LogP contribution in [0, 0.1) is 6.92 Å². The lowest BCUT2D eigenvalue weighted by molar-refractivity contribution is -0.113. The number of amides is 1. The summed E-state index contributed by atoms with van der Waals surface area (Å²) in [6.45, 7) is 1.82. The maximum atomic E-state index is 12.0. The highest BCUT2D eigenvalue weighted by molar-refractivity contribution is 7.95. The van der Waals surface area contributed by atoms with Crippen molar-refractivity contribution in [3.05, 3.63) is 16.7 Å². The maximum Gasteiger partial charge on any atom is 0.278 e.